The van der Waals surface area contributed by atoms with Crippen LogP contribution in [0.4, 0.5) is 4.39 Å². The summed E-state index contributed by atoms with van der Waals surface area (Å²) >= 11 is 0. The van der Waals surface area contributed by atoms with Crippen LogP contribution in [0.2, 0.25) is 0 Å². The number of hydrogen-bond donors (Lipinski definition) is 2. The Balaban J connectivity index is 1.34. The molecule has 0 unspecified atom stereocenters. The van der Waals surface area contributed by atoms with Crippen LogP contribution in [-0.2, 0) is 21.3 Å². The molecule has 4 rings (SSSR count). The lowest BCUT2D eigenvalue weighted by Gasteiger charge is -2.36. The predicted octanol–water partition coefficient (Wildman–Crippen LogP) is 2.67. The maximum absolute atomic E-state index is 13.1. The Morgan fingerprint density at radius 3 is 2.67 bits per heavy atom. The lowest BCUT2D eigenvalue weighted by atomic mass is 9.98. The van der Waals surface area contributed by atoms with E-state index in [1.165, 1.54) is 12.1 Å². The molecule has 0 radical (unpaired) electrons. The molecule has 3 aromatic rings. The Kier molecular flexibility index (Phi) is 7.18. The molecule has 2 N–H and O–H groups in total. The van der Waals surface area contributed by atoms with E-state index in [4.69, 9.17) is 4.74 Å². The van der Waals surface area contributed by atoms with Crippen LogP contribution in [-0.4, -0.2) is 53.4 Å². The van der Waals surface area contributed by atoms with Crippen molar-refractivity contribution in [1.82, 2.24) is 19.7 Å². The molecule has 0 aliphatic carbocycles. The van der Waals surface area contributed by atoms with Crippen molar-refractivity contribution in [3.63, 3.8) is 0 Å². The zero-order chi connectivity index (χ0) is 23.4. The molecule has 2 heterocycles. The number of halogens is 1. The van der Waals surface area contributed by atoms with E-state index < -0.39 is 22.2 Å². The summed E-state index contributed by atoms with van der Waals surface area (Å²) < 4.78 is 49.2. The molecule has 1 aliphatic rings. The molecular formula is C23H27FN4O4S. The lowest BCUT2D eigenvalue weighted by Crippen LogP contribution is -2.51. The molecule has 33 heavy (non-hydrogen) atoms. The summed E-state index contributed by atoms with van der Waals surface area (Å²) in [6.07, 6.45) is 2.86. The van der Waals surface area contributed by atoms with Gasteiger partial charge in [-0.05, 0) is 62.1 Å². The lowest BCUT2D eigenvalue weighted by molar-refractivity contribution is -0.0891. The third-order valence-corrected chi connectivity index (χ3v) is 7.49. The number of rotatable bonds is 8. The van der Waals surface area contributed by atoms with Crippen molar-refractivity contribution < 1.29 is 22.7 Å². The molecule has 1 aliphatic heterocycles. The number of hydrogen-bond acceptors (Lipinski definition) is 6. The first kappa shape index (κ1) is 23.5. The summed E-state index contributed by atoms with van der Waals surface area (Å²) in [5, 5.41) is 18.1. The minimum absolute atomic E-state index is 0.139. The second-order valence-electron chi connectivity index (χ2n) is 8.21. The number of aliphatic hydroxyl groups excluding tert-OH is 1. The third kappa shape index (κ3) is 5.64. The molecule has 1 aromatic heterocycles. The van der Waals surface area contributed by atoms with Crippen LogP contribution in [0.25, 0.3) is 11.3 Å². The third-order valence-electron chi connectivity index (χ3n) is 5.84. The highest BCUT2D eigenvalue weighted by Gasteiger charge is 2.34. The SMILES string of the molecule is Cc1ccccc1S(=O)(=O)N[C@H]1CC[C@@H](CCn2cc(-c3ccc(F)cc3)nn2)O[C@H]1CO. The fraction of sp³-hybridized carbons (Fsp3) is 0.391. The van der Waals surface area contributed by atoms with Crippen molar-refractivity contribution in [2.24, 2.45) is 0 Å². The van der Waals surface area contributed by atoms with E-state index in [0.717, 1.165) is 5.56 Å². The van der Waals surface area contributed by atoms with Crippen molar-refractivity contribution >= 4 is 10.0 Å². The normalized spacial score (nSPS) is 21.2. The number of ether oxygens (including phenoxy) is 1. The molecule has 3 atom stereocenters. The zero-order valence-electron chi connectivity index (χ0n) is 18.3. The van der Waals surface area contributed by atoms with Crippen LogP contribution in [0.5, 0.6) is 0 Å². The maximum atomic E-state index is 13.1. The Bertz CT molecular complexity index is 1180. The van der Waals surface area contributed by atoms with E-state index in [9.17, 15) is 17.9 Å². The predicted molar refractivity (Wildman–Crippen MR) is 120 cm³/mol. The molecule has 0 saturated carbocycles. The van der Waals surface area contributed by atoms with Crippen LogP contribution in [0.1, 0.15) is 24.8 Å². The van der Waals surface area contributed by atoms with E-state index in [1.54, 1.807) is 54.2 Å². The molecular weight excluding hydrogens is 447 g/mol. The fourth-order valence-electron chi connectivity index (χ4n) is 4.04. The topological polar surface area (TPSA) is 106 Å². The minimum Gasteiger partial charge on any atom is -0.394 e. The van der Waals surface area contributed by atoms with Gasteiger partial charge in [0.2, 0.25) is 10.0 Å². The molecule has 176 valence electrons. The first-order valence-corrected chi connectivity index (χ1v) is 12.3. The number of sulfonamides is 1. The van der Waals surface area contributed by atoms with Gasteiger partial charge < -0.3 is 9.84 Å². The van der Waals surface area contributed by atoms with Crippen LogP contribution in [0.3, 0.4) is 0 Å². The summed E-state index contributed by atoms with van der Waals surface area (Å²) in [5.74, 6) is -0.307. The molecule has 1 fully saturated rings. The summed E-state index contributed by atoms with van der Waals surface area (Å²) in [6, 6.07) is 12.3. The Hall–Kier alpha value is -2.66. The second-order valence-corrected chi connectivity index (χ2v) is 9.89. The summed E-state index contributed by atoms with van der Waals surface area (Å²) in [7, 11) is -3.72. The van der Waals surface area contributed by atoms with E-state index in [-0.39, 0.29) is 23.4 Å². The largest absolute Gasteiger partial charge is 0.394 e. The minimum atomic E-state index is -3.72. The van der Waals surface area contributed by atoms with Crippen LogP contribution >= 0.6 is 0 Å². The number of aliphatic hydroxyl groups is 1. The van der Waals surface area contributed by atoms with Crippen molar-refractivity contribution in [2.75, 3.05) is 6.61 Å². The van der Waals surface area contributed by atoms with Gasteiger partial charge in [-0.15, -0.1) is 5.10 Å². The fourth-order valence-corrected chi connectivity index (χ4v) is 5.58. The Labute approximate surface area is 192 Å². The molecule has 0 amide bonds. The first-order valence-electron chi connectivity index (χ1n) is 10.9. The number of nitrogens with one attached hydrogen (secondary N) is 1. The van der Waals surface area contributed by atoms with Crippen LogP contribution < -0.4 is 4.72 Å². The van der Waals surface area contributed by atoms with E-state index in [1.807, 2.05) is 0 Å². The van der Waals surface area contributed by atoms with Crippen molar-refractivity contribution in [3.05, 3.63) is 66.1 Å². The van der Waals surface area contributed by atoms with Gasteiger partial charge in [-0.25, -0.2) is 17.5 Å². The Morgan fingerprint density at radius 2 is 1.94 bits per heavy atom. The van der Waals surface area contributed by atoms with Gasteiger partial charge in [-0.1, -0.05) is 23.4 Å². The Morgan fingerprint density at radius 1 is 1.18 bits per heavy atom. The number of benzene rings is 2. The van der Waals surface area contributed by atoms with Gasteiger partial charge in [-0.3, -0.25) is 4.68 Å². The molecule has 1 saturated heterocycles. The van der Waals surface area contributed by atoms with Gasteiger partial charge in [-0.2, -0.15) is 0 Å². The van der Waals surface area contributed by atoms with Gasteiger partial charge in [0, 0.05) is 12.1 Å². The maximum Gasteiger partial charge on any atom is 0.241 e. The van der Waals surface area contributed by atoms with Gasteiger partial charge >= 0.3 is 0 Å². The highest BCUT2D eigenvalue weighted by molar-refractivity contribution is 7.89. The zero-order valence-corrected chi connectivity index (χ0v) is 19.1. The van der Waals surface area contributed by atoms with Gasteiger partial charge in [0.25, 0.3) is 0 Å². The average Bonchev–Trinajstić information content (AvgIpc) is 3.28. The van der Waals surface area contributed by atoms with E-state index in [0.29, 0.717) is 37.1 Å². The van der Waals surface area contributed by atoms with Gasteiger partial charge in [0.1, 0.15) is 11.5 Å². The summed E-state index contributed by atoms with van der Waals surface area (Å²) in [4.78, 5) is 0.229. The van der Waals surface area contributed by atoms with Gasteiger partial charge in [0.05, 0.1) is 35.9 Å². The molecule has 2 aromatic carbocycles. The highest BCUT2D eigenvalue weighted by atomic mass is 32.2. The summed E-state index contributed by atoms with van der Waals surface area (Å²) in [5.41, 5.74) is 2.09. The number of nitrogens with zero attached hydrogens (tertiary/aromatic N) is 3. The standard InChI is InChI=1S/C23H27FN4O4S/c1-16-4-2-3-5-23(16)33(30,31)26-20-11-10-19(32-22(20)15-29)12-13-28-14-21(25-27-28)17-6-8-18(24)9-7-17/h2-9,14,19-20,22,26,29H,10-13,15H2,1H3/t19-,20-,22-/m0/s1. The second kappa shape index (κ2) is 10.1. The molecule has 0 spiro atoms. The van der Waals surface area contributed by atoms with E-state index >= 15 is 0 Å². The quantitative estimate of drug-likeness (QED) is 0.520. The molecule has 10 heteroatoms. The van der Waals surface area contributed by atoms with Crippen LogP contribution in [0.15, 0.2) is 59.6 Å². The monoisotopic (exact) mass is 474 g/mol. The van der Waals surface area contributed by atoms with Gasteiger partial charge in [0.15, 0.2) is 0 Å². The summed E-state index contributed by atoms with van der Waals surface area (Å²) in [6.45, 7) is 2.02. The van der Waals surface area contributed by atoms with Crippen molar-refractivity contribution in [3.8, 4) is 11.3 Å². The van der Waals surface area contributed by atoms with E-state index in [2.05, 4.69) is 15.0 Å². The highest BCUT2D eigenvalue weighted by Crippen LogP contribution is 2.25. The smallest absolute Gasteiger partial charge is 0.241 e. The average molecular weight is 475 g/mol. The first-order chi connectivity index (χ1) is 15.9. The number of aryl methyl sites for hydroxylation is 2. The molecule has 8 nitrogen and oxygen atoms in total. The van der Waals surface area contributed by atoms with Crippen molar-refractivity contribution in [2.45, 2.75) is 55.9 Å². The van der Waals surface area contributed by atoms with Crippen molar-refractivity contribution in [1.29, 1.82) is 0 Å². The van der Waals surface area contributed by atoms with Crippen LogP contribution in [0, 0.1) is 12.7 Å². The number of aromatic nitrogens is 3. The molecule has 0 bridgehead atoms.